The van der Waals surface area contributed by atoms with Crippen LogP contribution in [0.15, 0.2) is 18.7 Å². The summed E-state index contributed by atoms with van der Waals surface area (Å²) < 4.78 is 1.74. The molecule has 0 radical (unpaired) electrons. The molecular weight excluding hydrogens is 262 g/mol. The Kier molecular flexibility index (Phi) is 4.56. The highest BCUT2D eigenvalue weighted by Crippen LogP contribution is 2.10. The Morgan fingerprint density at radius 3 is 2.74 bits per heavy atom. The molecule has 19 heavy (non-hydrogen) atoms. The molecule has 0 amide bonds. The molecule has 2 rings (SSSR count). The highest BCUT2D eigenvalue weighted by Gasteiger charge is 2.08. The summed E-state index contributed by atoms with van der Waals surface area (Å²) in [7, 11) is 1.78. The Hall–Kier alpha value is -1.83. The highest BCUT2D eigenvalue weighted by atomic mass is 32.2. The van der Waals surface area contributed by atoms with E-state index in [4.69, 9.17) is 0 Å². The van der Waals surface area contributed by atoms with Gasteiger partial charge in [-0.15, -0.1) is 0 Å². The van der Waals surface area contributed by atoms with E-state index in [2.05, 4.69) is 43.7 Å². The number of imidazole rings is 1. The Morgan fingerprint density at radius 1 is 1.32 bits per heavy atom. The van der Waals surface area contributed by atoms with E-state index >= 15 is 0 Å². The summed E-state index contributed by atoms with van der Waals surface area (Å²) in [4.78, 5) is 16.9. The van der Waals surface area contributed by atoms with E-state index in [-0.39, 0.29) is 0 Å². The SMILES string of the molecule is CNc1nc(NCC(C)SC)nc(-n2ccnc2)n1. The number of nitrogens with one attached hydrogen (secondary N) is 2. The first-order valence-electron chi connectivity index (χ1n) is 5.91. The average Bonchev–Trinajstić information content (AvgIpc) is 2.98. The monoisotopic (exact) mass is 279 g/mol. The Balaban J connectivity index is 2.21. The molecule has 2 aromatic rings. The van der Waals surface area contributed by atoms with Gasteiger partial charge in [-0.1, -0.05) is 6.92 Å². The molecule has 0 aromatic carbocycles. The summed E-state index contributed by atoms with van der Waals surface area (Å²) >= 11 is 1.79. The summed E-state index contributed by atoms with van der Waals surface area (Å²) in [6.45, 7) is 2.95. The normalized spacial score (nSPS) is 12.2. The van der Waals surface area contributed by atoms with Crippen molar-refractivity contribution in [2.75, 3.05) is 30.5 Å². The molecule has 102 valence electrons. The lowest BCUT2D eigenvalue weighted by molar-refractivity contribution is 0.885. The summed E-state index contributed by atoms with van der Waals surface area (Å²) in [5, 5.41) is 6.64. The first-order chi connectivity index (χ1) is 9.22. The van der Waals surface area contributed by atoms with Crippen molar-refractivity contribution in [1.82, 2.24) is 24.5 Å². The molecule has 0 aliphatic carbocycles. The van der Waals surface area contributed by atoms with Crippen molar-refractivity contribution in [2.45, 2.75) is 12.2 Å². The number of aromatic nitrogens is 5. The Labute approximate surface area is 116 Å². The molecule has 0 bridgehead atoms. The highest BCUT2D eigenvalue weighted by molar-refractivity contribution is 7.99. The van der Waals surface area contributed by atoms with Crippen molar-refractivity contribution in [3.05, 3.63) is 18.7 Å². The summed E-state index contributed by atoms with van der Waals surface area (Å²) in [6, 6.07) is 0. The third kappa shape index (κ3) is 3.57. The summed E-state index contributed by atoms with van der Waals surface area (Å²) in [5.41, 5.74) is 0. The second kappa shape index (κ2) is 6.37. The van der Waals surface area contributed by atoms with E-state index in [0.29, 0.717) is 23.1 Å². The van der Waals surface area contributed by atoms with E-state index in [1.807, 2.05) is 0 Å². The van der Waals surface area contributed by atoms with Crippen LogP contribution in [0.3, 0.4) is 0 Å². The zero-order valence-corrected chi connectivity index (χ0v) is 12.0. The van der Waals surface area contributed by atoms with E-state index in [1.54, 1.807) is 42.1 Å². The lowest BCUT2D eigenvalue weighted by atomic mass is 10.5. The largest absolute Gasteiger partial charge is 0.357 e. The Morgan fingerprint density at radius 2 is 2.11 bits per heavy atom. The third-order valence-electron chi connectivity index (χ3n) is 2.53. The van der Waals surface area contributed by atoms with Crippen molar-refractivity contribution in [3.8, 4) is 5.95 Å². The van der Waals surface area contributed by atoms with Gasteiger partial charge >= 0.3 is 0 Å². The molecule has 2 aromatic heterocycles. The fraction of sp³-hybridized carbons (Fsp3) is 0.455. The smallest absolute Gasteiger partial charge is 0.241 e. The maximum absolute atomic E-state index is 4.37. The molecule has 0 saturated carbocycles. The van der Waals surface area contributed by atoms with Crippen LogP contribution in [-0.4, -0.2) is 49.6 Å². The van der Waals surface area contributed by atoms with Crippen LogP contribution in [0.1, 0.15) is 6.92 Å². The lowest BCUT2D eigenvalue weighted by Crippen LogP contribution is -2.16. The van der Waals surface area contributed by atoms with Crippen molar-refractivity contribution in [1.29, 1.82) is 0 Å². The quantitative estimate of drug-likeness (QED) is 0.824. The molecule has 0 aliphatic heterocycles. The van der Waals surface area contributed by atoms with Crippen LogP contribution in [0.2, 0.25) is 0 Å². The van der Waals surface area contributed by atoms with Crippen LogP contribution < -0.4 is 10.6 Å². The molecule has 1 atom stereocenters. The number of thioether (sulfide) groups is 1. The number of nitrogens with zero attached hydrogens (tertiary/aromatic N) is 5. The minimum atomic E-state index is 0.492. The first-order valence-corrected chi connectivity index (χ1v) is 7.20. The van der Waals surface area contributed by atoms with Gasteiger partial charge in [-0.2, -0.15) is 26.7 Å². The standard InChI is InChI=1S/C11H17N7S/c1-8(19-3)6-14-10-15-9(12-2)16-11(17-10)18-5-4-13-7-18/h4-5,7-8H,6H2,1-3H3,(H2,12,14,15,16,17). The van der Waals surface area contributed by atoms with E-state index in [9.17, 15) is 0 Å². The van der Waals surface area contributed by atoms with Gasteiger partial charge in [-0.05, 0) is 6.26 Å². The van der Waals surface area contributed by atoms with Gasteiger partial charge in [0.2, 0.25) is 17.8 Å². The molecule has 2 heterocycles. The molecule has 7 nitrogen and oxygen atoms in total. The van der Waals surface area contributed by atoms with Gasteiger partial charge in [-0.3, -0.25) is 4.57 Å². The zero-order chi connectivity index (χ0) is 13.7. The van der Waals surface area contributed by atoms with Gasteiger partial charge in [0.05, 0.1) is 0 Å². The topological polar surface area (TPSA) is 80.5 Å². The minimum Gasteiger partial charge on any atom is -0.357 e. The number of rotatable bonds is 6. The fourth-order valence-electron chi connectivity index (χ4n) is 1.37. The number of anilines is 2. The van der Waals surface area contributed by atoms with Crippen LogP contribution in [-0.2, 0) is 0 Å². The number of hydrogen-bond donors (Lipinski definition) is 2. The number of hydrogen-bond acceptors (Lipinski definition) is 7. The van der Waals surface area contributed by atoms with Crippen LogP contribution in [0.4, 0.5) is 11.9 Å². The van der Waals surface area contributed by atoms with E-state index in [0.717, 1.165) is 6.54 Å². The van der Waals surface area contributed by atoms with Gasteiger partial charge in [-0.25, -0.2) is 4.98 Å². The van der Waals surface area contributed by atoms with Gasteiger partial charge in [0, 0.05) is 31.2 Å². The second-order valence-electron chi connectivity index (χ2n) is 3.93. The van der Waals surface area contributed by atoms with Crippen LogP contribution >= 0.6 is 11.8 Å². The minimum absolute atomic E-state index is 0.492. The third-order valence-corrected chi connectivity index (χ3v) is 3.50. The predicted molar refractivity (Wildman–Crippen MR) is 78.0 cm³/mol. The van der Waals surface area contributed by atoms with Crippen molar-refractivity contribution >= 4 is 23.7 Å². The molecular formula is C11H17N7S. The van der Waals surface area contributed by atoms with E-state index < -0.39 is 0 Å². The zero-order valence-electron chi connectivity index (χ0n) is 11.2. The lowest BCUT2D eigenvalue weighted by Gasteiger charge is -2.11. The second-order valence-corrected chi connectivity index (χ2v) is 5.21. The molecule has 1 unspecified atom stereocenters. The van der Waals surface area contributed by atoms with Crippen molar-refractivity contribution < 1.29 is 0 Å². The maximum Gasteiger partial charge on any atom is 0.241 e. The van der Waals surface area contributed by atoms with Gasteiger partial charge in [0.15, 0.2) is 0 Å². The van der Waals surface area contributed by atoms with Crippen LogP contribution in [0.5, 0.6) is 0 Å². The van der Waals surface area contributed by atoms with Crippen LogP contribution in [0.25, 0.3) is 5.95 Å². The van der Waals surface area contributed by atoms with Gasteiger partial charge in [0.25, 0.3) is 0 Å². The molecule has 0 spiro atoms. The average molecular weight is 279 g/mol. The molecule has 8 heteroatoms. The van der Waals surface area contributed by atoms with Crippen molar-refractivity contribution in [2.24, 2.45) is 0 Å². The molecule has 0 saturated heterocycles. The van der Waals surface area contributed by atoms with Crippen molar-refractivity contribution in [3.63, 3.8) is 0 Å². The van der Waals surface area contributed by atoms with Gasteiger partial charge < -0.3 is 10.6 Å². The maximum atomic E-state index is 4.37. The predicted octanol–water partition coefficient (Wildman–Crippen LogP) is 1.26. The summed E-state index contributed by atoms with van der Waals surface area (Å²) in [5.74, 6) is 1.62. The fourth-order valence-corrected chi connectivity index (χ4v) is 1.62. The first kappa shape index (κ1) is 13.6. The van der Waals surface area contributed by atoms with Gasteiger partial charge in [0.1, 0.15) is 6.33 Å². The summed E-state index contributed by atoms with van der Waals surface area (Å²) in [6.07, 6.45) is 7.22. The van der Waals surface area contributed by atoms with Crippen LogP contribution in [0, 0.1) is 0 Å². The van der Waals surface area contributed by atoms with E-state index in [1.165, 1.54) is 0 Å². The molecule has 0 aliphatic rings. The Bertz CT molecular complexity index is 514. The molecule has 0 fully saturated rings. The molecule has 2 N–H and O–H groups in total.